The predicted octanol–water partition coefficient (Wildman–Crippen LogP) is 4.44. The Kier molecular flexibility index (Phi) is 16.2. The SMILES string of the molecule is CC1=C(/C=C/C(C)=C/C=C/C(C)=C/CO)C(C)(C)CCC1.CNO.NO. The van der Waals surface area contributed by atoms with Crippen molar-refractivity contribution in [3.63, 3.8) is 0 Å². The molecule has 0 atom stereocenters. The molecule has 0 unspecified atom stereocenters. The highest BCUT2D eigenvalue weighted by Gasteiger charge is 2.26. The molecule has 5 nitrogen and oxygen atoms in total. The second kappa shape index (κ2) is 15.7. The zero-order valence-corrected chi connectivity index (χ0v) is 17.2. The molecule has 0 aromatic heterocycles. The lowest BCUT2D eigenvalue weighted by Crippen LogP contribution is -2.19. The van der Waals surface area contributed by atoms with Crippen LogP contribution in [-0.2, 0) is 0 Å². The third-order valence-electron chi connectivity index (χ3n) is 4.19. The first-order valence-corrected chi connectivity index (χ1v) is 8.86. The van der Waals surface area contributed by atoms with Gasteiger partial charge in [-0.05, 0) is 51.0 Å². The van der Waals surface area contributed by atoms with Crippen LogP contribution in [0.3, 0.4) is 0 Å². The highest BCUT2D eigenvalue weighted by atomic mass is 16.5. The van der Waals surface area contributed by atoms with Gasteiger partial charge < -0.3 is 15.5 Å². The van der Waals surface area contributed by atoms with Crippen LogP contribution in [-0.4, -0.2) is 29.2 Å². The molecule has 0 fully saturated rings. The average Bonchev–Trinajstić information content (AvgIpc) is 2.56. The number of aliphatic hydroxyl groups excluding tert-OH is 1. The maximum Gasteiger partial charge on any atom is 0.0617 e. The van der Waals surface area contributed by atoms with Crippen molar-refractivity contribution in [1.82, 2.24) is 5.48 Å². The number of aliphatic hydroxyl groups is 1. The molecule has 1 aliphatic rings. The third-order valence-corrected chi connectivity index (χ3v) is 4.19. The molecule has 0 heterocycles. The van der Waals surface area contributed by atoms with Crippen molar-refractivity contribution in [2.75, 3.05) is 13.7 Å². The topological polar surface area (TPSA) is 98.7 Å². The van der Waals surface area contributed by atoms with Crippen molar-refractivity contribution in [3.05, 3.63) is 58.7 Å². The van der Waals surface area contributed by atoms with E-state index in [1.54, 1.807) is 11.6 Å². The van der Waals surface area contributed by atoms with E-state index in [0.29, 0.717) is 5.41 Å². The summed E-state index contributed by atoms with van der Waals surface area (Å²) in [4.78, 5) is 0. The van der Waals surface area contributed by atoms with Gasteiger partial charge in [0, 0.05) is 7.05 Å². The van der Waals surface area contributed by atoms with Crippen LogP contribution in [0.2, 0.25) is 0 Å². The van der Waals surface area contributed by atoms with Gasteiger partial charge in [-0.3, -0.25) is 0 Å². The van der Waals surface area contributed by atoms with E-state index in [1.807, 2.05) is 19.1 Å². The number of rotatable bonds is 5. The van der Waals surface area contributed by atoms with Crippen LogP contribution in [0.25, 0.3) is 0 Å². The number of nitrogens with one attached hydrogen (secondary N) is 1. The molecule has 26 heavy (non-hydrogen) atoms. The minimum absolute atomic E-state index is 0.0985. The van der Waals surface area contributed by atoms with Gasteiger partial charge in [0.1, 0.15) is 0 Å². The second-order valence-corrected chi connectivity index (χ2v) is 6.89. The number of hydrogen-bond donors (Lipinski definition) is 5. The number of nitrogens with two attached hydrogens (primary N) is 1. The Hall–Kier alpha value is -1.50. The van der Waals surface area contributed by atoms with Gasteiger partial charge in [0.2, 0.25) is 0 Å². The van der Waals surface area contributed by atoms with E-state index in [9.17, 15) is 0 Å². The van der Waals surface area contributed by atoms with E-state index < -0.39 is 0 Å². The molecule has 0 spiro atoms. The number of hydroxylamine groups is 1. The predicted molar refractivity (Wildman–Crippen MR) is 110 cm³/mol. The Bertz CT molecular complexity index is 527. The van der Waals surface area contributed by atoms with E-state index >= 15 is 0 Å². The molecule has 5 heteroatoms. The lowest BCUT2D eigenvalue weighted by molar-refractivity contribution is 0.194. The van der Waals surface area contributed by atoms with Crippen LogP contribution < -0.4 is 11.4 Å². The van der Waals surface area contributed by atoms with Crippen molar-refractivity contribution in [2.45, 2.75) is 53.9 Å². The number of hydrogen-bond acceptors (Lipinski definition) is 5. The van der Waals surface area contributed by atoms with Gasteiger partial charge in [0.05, 0.1) is 6.61 Å². The summed E-state index contributed by atoms with van der Waals surface area (Å²) in [6, 6.07) is 0. The number of allylic oxidation sites excluding steroid dienone is 9. The summed E-state index contributed by atoms with van der Waals surface area (Å²) in [7, 11) is 1.43. The van der Waals surface area contributed by atoms with Crippen molar-refractivity contribution < 1.29 is 15.5 Å². The van der Waals surface area contributed by atoms with Gasteiger partial charge in [0.15, 0.2) is 0 Å². The first-order valence-electron chi connectivity index (χ1n) is 8.86. The van der Waals surface area contributed by atoms with E-state index in [4.69, 9.17) is 15.5 Å². The molecule has 0 radical (unpaired) electrons. The molecule has 1 aliphatic carbocycles. The van der Waals surface area contributed by atoms with Gasteiger partial charge >= 0.3 is 0 Å². The molecule has 0 amide bonds. The summed E-state index contributed by atoms with van der Waals surface area (Å²) < 4.78 is 0. The van der Waals surface area contributed by atoms with Crippen molar-refractivity contribution >= 4 is 0 Å². The molecular weight excluding hydrogens is 328 g/mol. The maximum atomic E-state index is 8.81. The Labute approximate surface area is 159 Å². The van der Waals surface area contributed by atoms with E-state index in [0.717, 1.165) is 5.57 Å². The van der Waals surface area contributed by atoms with Crippen LogP contribution in [0, 0.1) is 5.41 Å². The van der Waals surface area contributed by atoms with Crippen LogP contribution >= 0.6 is 0 Å². The lowest BCUT2D eigenvalue weighted by atomic mass is 9.72. The van der Waals surface area contributed by atoms with Gasteiger partial charge in [-0.25, -0.2) is 11.4 Å². The van der Waals surface area contributed by atoms with E-state index in [1.165, 1.54) is 43.0 Å². The first kappa shape index (κ1) is 26.7. The second-order valence-electron chi connectivity index (χ2n) is 6.89. The largest absolute Gasteiger partial charge is 0.392 e. The van der Waals surface area contributed by atoms with Gasteiger partial charge in [-0.2, -0.15) is 0 Å². The molecule has 1 rings (SSSR count). The molecule has 150 valence electrons. The van der Waals surface area contributed by atoms with Crippen LogP contribution in [0.15, 0.2) is 58.7 Å². The van der Waals surface area contributed by atoms with Crippen LogP contribution in [0.1, 0.15) is 53.9 Å². The molecule has 6 N–H and O–H groups in total. The van der Waals surface area contributed by atoms with Gasteiger partial charge in [-0.15, -0.1) is 0 Å². The minimum Gasteiger partial charge on any atom is -0.392 e. The van der Waals surface area contributed by atoms with Gasteiger partial charge in [-0.1, -0.05) is 67.0 Å². The minimum atomic E-state index is 0.0985. The Balaban J connectivity index is 0. The van der Waals surface area contributed by atoms with Gasteiger partial charge in [0.25, 0.3) is 0 Å². The molecule has 0 saturated heterocycles. The van der Waals surface area contributed by atoms with E-state index in [-0.39, 0.29) is 6.61 Å². The molecule has 0 aromatic rings. The fourth-order valence-corrected chi connectivity index (χ4v) is 2.84. The summed E-state index contributed by atoms with van der Waals surface area (Å²) in [5.74, 6) is 3.50. The maximum absolute atomic E-state index is 8.81. The average molecular weight is 367 g/mol. The summed E-state index contributed by atoms with van der Waals surface area (Å²) in [5, 5.41) is 22.6. The Morgan fingerprint density at radius 3 is 2.27 bits per heavy atom. The zero-order chi connectivity index (χ0) is 20.6. The summed E-state index contributed by atoms with van der Waals surface area (Å²) in [5.41, 5.74) is 7.41. The quantitative estimate of drug-likeness (QED) is 0.366. The van der Waals surface area contributed by atoms with Crippen molar-refractivity contribution in [3.8, 4) is 0 Å². The fraction of sp³-hybridized carbons (Fsp3) is 0.524. The molecule has 0 saturated carbocycles. The Morgan fingerprint density at radius 1 is 1.19 bits per heavy atom. The lowest BCUT2D eigenvalue weighted by Gasteiger charge is -2.32. The Morgan fingerprint density at radius 2 is 1.77 bits per heavy atom. The fourth-order valence-electron chi connectivity index (χ4n) is 2.84. The van der Waals surface area contributed by atoms with Crippen molar-refractivity contribution in [1.29, 1.82) is 0 Å². The highest BCUT2D eigenvalue weighted by molar-refractivity contribution is 5.37. The first-order chi connectivity index (χ1) is 12.3. The molecule has 0 bridgehead atoms. The molecule has 0 aromatic carbocycles. The van der Waals surface area contributed by atoms with Crippen molar-refractivity contribution in [2.24, 2.45) is 11.3 Å². The standard InChI is InChI=1S/C20H30O.CH5NO.H3NO/c1-16(8-6-9-17(2)13-15-21)11-12-19-18(3)10-7-14-20(19,4)5;1-2-3;1-2/h6,8-9,11-13,21H,7,10,14-15H2,1-5H3;2-3H,1H3;2H,1H2/b9-6+,12-11+,16-8+,17-13+;;. The summed E-state index contributed by atoms with van der Waals surface area (Å²) in [6.07, 6.45) is 16.3. The summed E-state index contributed by atoms with van der Waals surface area (Å²) >= 11 is 0. The van der Waals surface area contributed by atoms with Crippen LogP contribution in [0.5, 0.6) is 0 Å². The monoisotopic (exact) mass is 366 g/mol. The molecule has 0 aliphatic heterocycles. The summed E-state index contributed by atoms with van der Waals surface area (Å²) in [6.45, 7) is 11.2. The highest BCUT2D eigenvalue weighted by Crippen LogP contribution is 2.40. The third kappa shape index (κ3) is 12.0. The smallest absolute Gasteiger partial charge is 0.0617 e. The normalized spacial score (nSPS) is 17.8. The van der Waals surface area contributed by atoms with E-state index in [2.05, 4.69) is 51.8 Å². The zero-order valence-electron chi connectivity index (χ0n) is 17.2. The molecular formula is C21H38N2O3. The van der Waals surface area contributed by atoms with Crippen LogP contribution in [0.4, 0.5) is 0 Å².